The molecule has 1 aliphatic carbocycles. The van der Waals surface area contributed by atoms with E-state index >= 15 is 0 Å². The van der Waals surface area contributed by atoms with E-state index in [1.807, 2.05) is 33.0 Å². The minimum atomic E-state index is -3.74. The number of alkyl carbamates (subject to hydrolysis) is 1. The predicted octanol–water partition coefficient (Wildman–Crippen LogP) is 4.76. The number of thiazole rings is 1. The van der Waals surface area contributed by atoms with Gasteiger partial charge in [-0.2, -0.15) is 0 Å². The summed E-state index contributed by atoms with van der Waals surface area (Å²) in [4.78, 5) is 26.7. The highest BCUT2D eigenvalue weighted by Crippen LogP contribution is 2.40. The van der Waals surface area contributed by atoms with Gasteiger partial charge in [-0.3, -0.25) is 0 Å². The Morgan fingerprint density at radius 1 is 1.24 bits per heavy atom. The Balaban J connectivity index is 1.54. The van der Waals surface area contributed by atoms with Crippen molar-refractivity contribution in [1.29, 1.82) is 0 Å². The summed E-state index contributed by atoms with van der Waals surface area (Å²) in [7, 11) is -1.91. The number of amides is 1. The number of nitrogens with one attached hydrogen (secondary N) is 3. The first-order chi connectivity index (χ1) is 17.7. The van der Waals surface area contributed by atoms with Gasteiger partial charge in [0.2, 0.25) is 16.0 Å². The summed E-state index contributed by atoms with van der Waals surface area (Å²) in [6, 6.07) is 5.48. The average Bonchev–Trinajstić information content (AvgIpc) is 3.56. The molecular formula is C25H34N6O4S2. The Kier molecular flexibility index (Phi) is 8.50. The first-order valence-corrected chi connectivity index (χ1v) is 14.8. The van der Waals surface area contributed by atoms with Crippen molar-refractivity contribution in [3.05, 3.63) is 41.8 Å². The standard InChI is InChI=1S/C25H34N6O4S2/c1-5-29-37(33,34)22-14-19(31(4)24-26-12-13-27-24)10-11-20(22)21-15-28-23(36-21)17-6-8-18(9-7-17)30-25(32)35-16(2)3/h10-18,29H,5-9H2,1-4H3,(H,26,27)(H,30,32)/t17-,18-. The van der Waals surface area contributed by atoms with Gasteiger partial charge in [-0.1, -0.05) is 13.0 Å². The number of ether oxygens (including phenoxy) is 1. The fourth-order valence-corrected chi connectivity index (χ4v) is 6.95. The molecule has 12 heteroatoms. The van der Waals surface area contributed by atoms with Crippen molar-refractivity contribution in [1.82, 2.24) is 25.0 Å². The third-order valence-corrected chi connectivity index (χ3v) is 9.09. The third-order valence-electron chi connectivity index (χ3n) is 6.31. The van der Waals surface area contributed by atoms with Gasteiger partial charge in [-0.25, -0.2) is 27.9 Å². The Bertz CT molecular complexity index is 1300. The van der Waals surface area contributed by atoms with Crippen LogP contribution in [0, 0.1) is 0 Å². The van der Waals surface area contributed by atoms with E-state index in [9.17, 15) is 13.2 Å². The molecule has 1 aliphatic rings. The summed E-state index contributed by atoms with van der Waals surface area (Å²) >= 11 is 1.53. The first kappa shape index (κ1) is 27.1. The average molecular weight is 547 g/mol. The number of sulfonamides is 1. The summed E-state index contributed by atoms with van der Waals surface area (Å²) in [5.74, 6) is 0.887. The van der Waals surface area contributed by atoms with Crippen molar-refractivity contribution >= 4 is 39.1 Å². The van der Waals surface area contributed by atoms with Crippen LogP contribution in [0.1, 0.15) is 57.4 Å². The van der Waals surface area contributed by atoms with Crippen LogP contribution in [0.5, 0.6) is 0 Å². The number of hydrogen-bond donors (Lipinski definition) is 3. The van der Waals surface area contributed by atoms with Crippen molar-refractivity contribution in [3.8, 4) is 10.4 Å². The van der Waals surface area contributed by atoms with Crippen molar-refractivity contribution in [2.45, 2.75) is 69.4 Å². The largest absolute Gasteiger partial charge is 0.447 e. The molecule has 1 fully saturated rings. The van der Waals surface area contributed by atoms with Crippen molar-refractivity contribution in [2.75, 3.05) is 18.5 Å². The maximum atomic E-state index is 13.2. The van der Waals surface area contributed by atoms with E-state index in [1.54, 1.807) is 36.5 Å². The number of imidazole rings is 1. The zero-order valence-electron chi connectivity index (χ0n) is 21.5. The normalized spacial score (nSPS) is 18.1. The number of carbonyl (C=O) groups excluding carboxylic acids is 1. The number of anilines is 2. The zero-order valence-corrected chi connectivity index (χ0v) is 23.2. The monoisotopic (exact) mass is 546 g/mol. The maximum absolute atomic E-state index is 13.2. The smallest absolute Gasteiger partial charge is 0.407 e. The van der Waals surface area contributed by atoms with Crippen LogP contribution in [0.4, 0.5) is 16.4 Å². The van der Waals surface area contributed by atoms with Gasteiger partial charge in [0.05, 0.1) is 20.9 Å². The lowest BCUT2D eigenvalue weighted by molar-refractivity contribution is 0.109. The molecule has 2 heterocycles. The van der Waals surface area contributed by atoms with Crippen molar-refractivity contribution in [2.24, 2.45) is 0 Å². The summed E-state index contributed by atoms with van der Waals surface area (Å²) in [6.07, 6.45) is 8.11. The molecule has 0 unspecified atom stereocenters. The number of hydrogen-bond acceptors (Lipinski definition) is 8. The Labute approximate surface area is 221 Å². The number of nitrogens with zero attached hydrogens (tertiary/aromatic N) is 3. The quantitative estimate of drug-likeness (QED) is 0.353. The van der Waals surface area contributed by atoms with Gasteiger partial charge in [-0.05, 0) is 51.7 Å². The molecule has 0 atom stereocenters. The molecule has 2 aromatic heterocycles. The van der Waals surface area contributed by atoms with Gasteiger partial charge in [0.25, 0.3) is 0 Å². The molecule has 4 rings (SSSR count). The van der Waals surface area contributed by atoms with Gasteiger partial charge >= 0.3 is 6.09 Å². The Hall–Kier alpha value is -2.96. The van der Waals surface area contributed by atoms with Crippen LogP contribution in [0.2, 0.25) is 0 Å². The molecule has 0 radical (unpaired) electrons. The predicted molar refractivity (Wildman–Crippen MR) is 145 cm³/mol. The molecular weight excluding hydrogens is 512 g/mol. The molecule has 37 heavy (non-hydrogen) atoms. The van der Waals surface area contributed by atoms with Gasteiger partial charge in [0.1, 0.15) is 0 Å². The number of carbonyl (C=O) groups is 1. The van der Waals surface area contributed by atoms with Crippen molar-refractivity contribution in [3.63, 3.8) is 0 Å². The molecule has 10 nitrogen and oxygen atoms in total. The SMILES string of the molecule is CCNS(=O)(=O)c1cc(N(C)c2ncc[nH]2)ccc1-c1cnc([C@H]2CC[C@H](NC(=O)OC(C)C)CC2)s1. The number of aromatic amines is 1. The van der Waals surface area contributed by atoms with Crippen LogP contribution in [-0.2, 0) is 14.8 Å². The van der Waals surface area contributed by atoms with Gasteiger partial charge < -0.3 is 19.9 Å². The van der Waals surface area contributed by atoms with Crippen LogP contribution in [0.3, 0.4) is 0 Å². The molecule has 3 N–H and O–H groups in total. The molecule has 1 aromatic carbocycles. The van der Waals surface area contributed by atoms with E-state index in [-0.39, 0.29) is 35.6 Å². The van der Waals surface area contributed by atoms with Crippen molar-refractivity contribution < 1.29 is 17.9 Å². The second kappa shape index (κ2) is 11.6. The molecule has 200 valence electrons. The second-order valence-corrected chi connectivity index (χ2v) is 12.2. The highest BCUT2D eigenvalue weighted by Gasteiger charge is 2.27. The molecule has 0 bridgehead atoms. The molecule has 1 saturated carbocycles. The molecule has 0 saturated heterocycles. The minimum absolute atomic E-state index is 0.0949. The van der Waals surface area contributed by atoms with E-state index in [0.717, 1.165) is 35.6 Å². The van der Waals surface area contributed by atoms with Crippen LogP contribution in [-0.4, -0.2) is 55.2 Å². The molecule has 0 aliphatic heterocycles. The van der Waals surface area contributed by atoms with Crippen LogP contribution in [0.25, 0.3) is 10.4 Å². The fraction of sp³-hybridized carbons (Fsp3) is 0.480. The van der Waals surface area contributed by atoms with E-state index in [2.05, 4.69) is 25.0 Å². The van der Waals surface area contributed by atoms with E-state index in [1.165, 1.54) is 11.3 Å². The van der Waals surface area contributed by atoms with Gasteiger partial charge in [0, 0.05) is 55.4 Å². The molecule has 3 aromatic rings. The highest BCUT2D eigenvalue weighted by molar-refractivity contribution is 7.89. The summed E-state index contributed by atoms with van der Waals surface area (Å²) in [5.41, 5.74) is 1.31. The van der Waals surface area contributed by atoms with Crippen LogP contribution >= 0.6 is 11.3 Å². The number of aromatic nitrogens is 3. The lowest BCUT2D eigenvalue weighted by Gasteiger charge is -2.28. The summed E-state index contributed by atoms with van der Waals surface area (Å²) < 4.78 is 34.2. The Morgan fingerprint density at radius 2 is 2.00 bits per heavy atom. The Morgan fingerprint density at radius 3 is 2.65 bits per heavy atom. The van der Waals surface area contributed by atoms with Crippen LogP contribution < -0.4 is 14.9 Å². The second-order valence-electron chi connectivity index (χ2n) is 9.36. The number of rotatable bonds is 9. The summed E-state index contributed by atoms with van der Waals surface area (Å²) in [6.45, 7) is 5.71. The first-order valence-electron chi connectivity index (χ1n) is 12.5. The highest BCUT2D eigenvalue weighted by atomic mass is 32.2. The van der Waals surface area contributed by atoms with Gasteiger partial charge in [0.15, 0.2) is 0 Å². The lowest BCUT2D eigenvalue weighted by atomic mass is 9.86. The molecule has 1 amide bonds. The third kappa shape index (κ3) is 6.49. The van der Waals surface area contributed by atoms with Crippen LogP contribution in [0.15, 0.2) is 41.7 Å². The molecule has 0 spiro atoms. The minimum Gasteiger partial charge on any atom is -0.447 e. The zero-order chi connectivity index (χ0) is 26.6. The van der Waals surface area contributed by atoms with Gasteiger partial charge in [-0.15, -0.1) is 11.3 Å². The number of benzene rings is 1. The maximum Gasteiger partial charge on any atom is 0.407 e. The fourth-order valence-electron chi connectivity index (χ4n) is 4.48. The summed E-state index contributed by atoms with van der Waals surface area (Å²) in [5, 5.41) is 3.94. The van der Waals surface area contributed by atoms with E-state index in [0.29, 0.717) is 17.2 Å². The van der Waals surface area contributed by atoms with E-state index < -0.39 is 10.0 Å². The topological polar surface area (TPSA) is 129 Å². The van der Waals surface area contributed by atoms with E-state index in [4.69, 9.17) is 4.74 Å². The lowest BCUT2D eigenvalue weighted by Crippen LogP contribution is -2.38. The number of H-pyrrole nitrogens is 1.